The quantitative estimate of drug-likeness (QED) is 0.707. The van der Waals surface area contributed by atoms with Crippen molar-refractivity contribution in [1.29, 1.82) is 0 Å². The number of nitrogens with zero attached hydrogens (tertiary/aromatic N) is 3. The minimum absolute atomic E-state index is 0.138. The highest BCUT2D eigenvalue weighted by molar-refractivity contribution is 7.88. The molecular formula is C14H18Cl2N6O2S. The van der Waals surface area contributed by atoms with E-state index in [9.17, 15) is 8.42 Å². The maximum Gasteiger partial charge on any atom is 0.248 e. The zero-order chi connectivity index (χ0) is 18.0. The number of hydrogen-bond acceptors (Lipinski definition) is 6. The lowest BCUT2D eigenvalue weighted by Crippen LogP contribution is -2.41. The standard InChI is InChI=1S/C14H18Cl2N6O2S/c1-25(23,24)22-4-2-11(3-5-22)17-13-19-14(21-20-13)18-12-7-9(15)6-10(16)8-12/h6-8,11H,2-5H2,1H3,(H3,17,18,19,20,21). The Morgan fingerprint density at radius 3 is 2.44 bits per heavy atom. The summed E-state index contributed by atoms with van der Waals surface area (Å²) < 4.78 is 24.5. The Morgan fingerprint density at radius 2 is 1.84 bits per heavy atom. The average molecular weight is 405 g/mol. The van der Waals surface area contributed by atoms with Gasteiger partial charge in [0, 0.05) is 34.9 Å². The van der Waals surface area contributed by atoms with Gasteiger partial charge in [-0.1, -0.05) is 23.2 Å². The predicted molar refractivity (Wildman–Crippen MR) is 99.2 cm³/mol. The van der Waals surface area contributed by atoms with E-state index in [2.05, 4.69) is 25.8 Å². The van der Waals surface area contributed by atoms with Crippen molar-refractivity contribution in [3.8, 4) is 0 Å². The minimum atomic E-state index is -3.12. The molecule has 2 heterocycles. The first-order valence-electron chi connectivity index (χ1n) is 7.67. The van der Waals surface area contributed by atoms with E-state index >= 15 is 0 Å². The van der Waals surface area contributed by atoms with Gasteiger partial charge in [-0.3, -0.25) is 0 Å². The first kappa shape index (κ1) is 18.2. The van der Waals surface area contributed by atoms with Crippen LogP contribution in [0.1, 0.15) is 12.8 Å². The Balaban J connectivity index is 1.57. The molecule has 1 aromatic heterocycles. The largest absolute Gasteiger partial charge is 0.352 e. The maximum absolute atomic E-state index is 11.5. The van der Waals surface area contributed by atoms with Gasteiger partial charge in [0.05, 0.1) is 6.26 Å². The number of anilines is 3. The van der Waals surface area contributed by atoms with Gasteiger partial charge in [-0.25, -0.2) is 17.8 Å². The third kappa shape index (κ3) is 4.97. The molecule has 1 aliphatic rings. The van der Waals surface area contributed by atoms with E-state index in [-0.39, 0.29) is 6.04 Å². The van der Waals surface area contributed by atoms with Crippen molar-refractivity contribution >= 4 is 50.8 Å². The first-order chi connectivity index (χ1) is 11.8. The molecule has 2 aromatic rings. The summed E-state index contributed by atoms with van der Waals surface area (Å²) in [5, 5.41) is 14.2. The monoisotopic (exact) mass is 404 g/mol. The van der Waals surface area contributed by atoms with Crippen LogP contribution in [-0.2, 0) is 10.0 Å². The van der Waals surface area contributed by atoms with Gasteiger partial charge in [0.15, 0.2) is 0 Å². The summed E-state index contributed by atoms with van der Waals surface area (Å²) >= 11 is 11.9. The van der Waals surface area contributed by atoms with Crippen molar-refractivity contribution in [1.82, 2.24) is 19.5 Å². The van der Waals surface area contributed by atoms with Crippen LogP contribution in [-0.4, -0.2) is 53.3 Å². The highest BCUT2D eigenvalue weighted by Gasteiger charge is 2.25. The van der Waals surface area contributed by atoms with Gasteiger partial charge < -0.3 is 10.6 Å². The van der Waals surface area contributed by atoms with Crippen LogP contribution in [0, 0.1) is 0 Å². The second-order valence-electron chi connectivity index (χ2n) is 5.87. The summed E-state index contributed by atoms with van der Waals surface area (Å²) in [6, 6.07) is 5.22. The fraction of sp³-hybridized carbons (Fsp3) is 0.429. The van der Waals surface area contributed by atoms with Crippen LogP contribution in [0.15, 0.2) is 18.2 Å². The van der Waals surface area contributed by atoms with Crippen molar-refractivity contribution in [3.63, 3.8) is 0 Å². The van der Waals surface area contributed by atoms with E-state index in [1.54, 1.807) is 18.2 Å². The Kier molecular flexibility index (Phi) is 5.38. The third-order valence-corrected chi connectivity index (χ3v) is 5.61. The lowest BCUT2D eigenvalue weighted by atomic mass is 10.1. The SMILES string of the molecule is CS(=O)(=O)N1CCC(Nc2nc(Nc3cc(Cl)cc(Cl)c3)n[nH]2)CC1. The topological polar surface area (TPSA) is 103 Å². The molecule has 0 atom stereocenters. The molecule has 0 radical (unpaired) electrons. The summed E-state index contributed by atoms with van der Waals surface area (Å²) in [6.45, 7) is 0.994. The van der Waals surface area contributed by atoms with Crippen molar-refractivity contribution in [2.45, 2.75) is 18.9 Å². The number of nitrogens with one attached hydrogen (secondary N) is 3. The van der Waals surface area contributed by atoms with Gasteiger partial charge in [-0.2, -0.15) is 4.98 Å². The molecule has 0 bridgehead atoms. The molecule has 0 saturated carbocycles. The van der Waals surface area contributed by atoms with Crippen molar-refractivity contribution in [3.05, 3.63) is 28.2 Å². The van der Waals surface area contributed by atoms with Crippen LogP contribution < -0.4 is 10.6 Å². The van der Waals surface area contributed by atoms with Gasteiger partial charge in [0.25, 0.3) is 0 Å². The molecule has 0 spiro atoms. The number of sulfonamides is 1. The maximum atomic E-state index is 11.5. The van der Waals surface area contributed by atoms with Gasteiger partial charge in [-0.05, 0) is 31.0 Å². The normalized spacial score (nSPS) is 16.8. The lowest BCUT2D eigenvalue weighted by molar-refractivity contribution is 0.331. The Labute approximate surface area is 156 Å². The highest BCUT2D eigenvalue weighted by atomic mass is 35.5. The molecule has 1 fully saturated rings. The fourth-order valence-corrected chi connectivity index (χ4v) is 4.06. The second-order valence-corrected chi connectivity index (χ2v) is 8.73. The number of aromatic amines is 1. The Morgan fingerprint density at radius 1 is 1.20 bits per heavy atom. The van der Waals surface area contributed by atoms with Crippen molar-refractivity contribution < 1.29 is 8.42 Å². The second kappa shape index (κ2) is 7.36. The van der Waals surface area contributed by atoms with E-state index in [0.717, 1.165) is 0 Å². The lowest BCUT2D eigenvalue weighted by Gasteiger charge is -2.30. The molecular weight excluding hydrogens is 387 g/mol. The zero-order valence-corrected chi connectivity index (χ0v) is 15.8. The van der Waals surface area contributed by atoms with Crippen LogP contribution >= 0.6 is 23.2 Å². The molecule has 11 heteroatoms. The average Bonchev–Trinajstić information content (AvgIpc) is 2.93. The van der Waals surface area contributed by atoms with Crippen LogP contribution in [0.3, 0.4) is 0 Å². The summed E-state index contributed by atoms with van der Waals surface area (Å²) in [7, 11) is -3.12. The number of aromatic nitrogens is 3. The third-order valence-electron chi connectivity index (χ3n) is 3.87. The Bertz CT molecular complexity index is 829. The molecule has 3 N–H and O–H groups in total. The number of hydrogen-bond donors (Lipinski definition) is 3. The van der Waals surface area contributed by atoms with E-state index in [0.29, 0.717) is 53.6 Å². The van der Waals surface area contributed by atoms with E-state index in [4.69, 9.17) is 23.2 Å². The number of rotatable bonds is 5. The van der Waals surface area contributed by atoms with Crippen molar-refractivity contribution in [2.75, 3.05) is 30.0 Å². The first-order valence-corrected chi connectivity index (χ1v) is 10.3. The number of H-pyrrole nitrogens is 1. The summed E-state index contributed by atoms with van der Waals surface area (Å²) in [5.74, 6) is 0.905. The van der Waals surface area contributed by atoms with Gasteiger partial charge in [0.2, 0.25) is 21.9 Å². The van der Waals surface area contributed by atoms with E-state index < -0.39 is 10.0 Å². The minimum Gasteiger partial charge on any atom is -0.352 e. The van der Waals surface area contributed by atoms with Crippen LogP contribution in [0.5, 0.6) is 0 Å². The summed E-state index contributed by atoms with van der Waals surface area (Å²) in [5.41, 5.74) is 0.685. The predicted octanol–water partition coefficient (Wildman–Crippen LogP) is 2.69. The van der Waals surface area contributed by atoms with Crippen molar-refractivity contribution in [2.24, 2.45) is 0 Å². The molecule has 1 aromatic carbocycles. The summed E-state index contributed by atoms with van der Waals surface area (Å²) in [6.07, 6.45) is 2.65. The molecule has 0 amide bonds. The molecule has 1 saturated heterocycles. The van der Waals surface area contributed by atoms with E-state index in [1.165, 1.54) is 10.6 Å². The molecule has 25 heavy (non-hydrogen) atoms. The number of halogens is 2. The van der Waals surface area contributed by atoms with Gasteiger partial charge in [-0.15, -0.1) is 5.10 Å². The molecule has 8 nitrogen and oxygen atoms in total. The molecule has 0 aliphatic carbocycles. The van der Waals surface area contributed by atoms with Crippen LogP contribution in [0.2, 0.25) is 10.0 Å². The number of benzene rings is 1. The van der Waals surface area contributed by atoms with E-state index in [1.807, 2.05) is 0 Å². The summed E-state index contributed by atoms with van der Waals surface area (Å²) in [4.78, 5) is 4.32. The zero-order valence-electron chi connectivity index (χ0n) is 13.5. The van der Waals surface area contributed by atoms with Crippen LogP contribution in [0.4, 0.5) is 17.6 Å². The molecule has 1 aliphatic heterocycles. The van der Waals surface area contributed by atoms with Gasteiger partial charge >= 0.3 is 0 Å². The molecule has 3 rings (SSSR count). The number of piperidine rings is 1. The molecule has 136 valence electrons. The smallest absolute Gasteiger partial charge is 0.248 e. The van der Waals surface area contributed by atoms with Crippen LogP contribution in [0.25, 0.3) is 0 Å². The Hall–Kier alpha value is -1.55. The van der Waals surface area contributed by atoms with Gasteiger partial charge in [0.1, 0.15) is 0 Å². The fourth-order valence-electron chi connectivity index (χ4n) is 2.66. The highest BCUT2D eigenvalue weighted by Crippen LogP contribution is 2.24. The molecule has 0 unspecified atom stereocenters.